The fourth-order valence-electron chi connectivity index (χ4n) is 1.80. The van der Waals surface area contributed by atoms with Crippen LogP contribution in [0.5, 0.6) is 0 Å². The van der Waals surface area contributed by atoms with E-state index in [0.717, 1.165) is 0 Å². The molecule has 0 aliphatic rings. The quantitative estimate of drug-likeness (QED) is 0.849. The minimum atomic E-state index is -0.682. The topological polar surface area (TPSA) is 46.2 Å². The number of amides is 1. The first-order valence-electron chi connectivity index (χ1n) is 5.96. The third-order valence-electron chi connectivity index (χ3n) is 2.95. The van der Waals surface area contributed by atoms with Crippen molar-refractivity contribution in [1.82, 2.24) is 0 Å². The molecule has 2 rings (SSSR count). The van der Waals surface area contributed by atoms with Crippen LogP contribution in [-0.2, 0) is 0 Å². The van der Waals surface area contributed by atoms with E-state index in [-0.39, 0.29) is 21.7 Å². The van der Waals surface area contributed by atoms with Crippen molar-refractivity contribution in [3.63, 3.8) is 0 Å². The molecule has 0 atom stereocenters. The molecule has 0 radical (unpaired) electrons. The summed E-state index contributed by atoms with van der Waals surface area (Å²) in [4.78, 5) is 23.2. The van der Waals surface area contributed by atoms with Crippen LogP contribution in [0.2, 0.25) is 5.02 Å². The number of carbonyl (C=O) groups is 2. The fourth-order valence-corrected chi connectivity index (χ4v) is 2.28. The minimum absolute atomic E-state index is 0.128. The molecule has 1 N–H and O–H groups in total. The van der Waals surface area contributed by atoms with Crippen LogP contribution in [-0.4, -0.2) is 11.1 Å². The van der Waals surface area contributed by atoms with Crippen molar-refractivity contribution < 1.29 is 14.0 Å². The molecule has 2 aromatic carbocycles. The van der Waals surface area contributed by atoms with Crippen molar-refractivity contribution in [3.05, 3.63) is 63.9 Å². The first-order valence-corrected chi connectivity index (χ1v) is 6.71. The smallest absolute Gasteiger partial charge is 0.256 e. The van der Waals surface area contributed by atoms with Gasteiger partial charge in [0.1, 0.15) is 5.82 Å². The first-order chi connectivity index (χ1) is 9.90. The molecule has 0 saturated heterocycles. The van der Waals surface area contributed by atoms with Crippen LogP contribution < -0.4 is 5.32 Å². The van der Waals surface area contributed by atoms with Crippen LogP contribution in [0.3, 0.4) is 0 Å². The van der Waals surface area contributed by atoms with E-state index < -0.39 is 17.0 Å². The highest BCUT2D eigenvalue weighted by Gasteiger charge is 2.13. The summed E-state index contributed by atoms with van der Waals surface area (Å²) in [5, 5.41) is 2.04. The Hall–Kier alpha value is -1.91. The number of anilines is 1. The van der Waals surface area contributed by atoms with Crippen molar-refractivity contribution in [3.8, 4) is 0 Å². The number of rotatable bonds is 3. The standard InChI is InChI=1S/C15H10Cl2FNO2/c1-8-10(3-2-4-13(8)18)15(21)19-9-5-6-11(14(17)20)12(16)7-9/h2-7H,1H3,(H,19,21). The van der Waals surface area contributed by atoms with Gasteiger partial charge in [-0.05, 0) is 54.4 Å². The van der Waals surface area contributed by atoms with Gasteiger partial charge in [0.15, 0.2) is 0 Å². The highest BCUT2D eigenvalue weighted by Crippen LogP contribution is 2.23. The van der Waals surface area contributed by atoms with Gasteiger partial charge in [-0.15, -0.1) is 0 Å². The van der Waals surface area contributed by atoms with Crippen LogP contribution in [0.4, 0.5) is 10.1 Å². The van der Waals surface area contributed by atoms with E-state index >= 15 is 0 Å². The van der Waals surface area contributed by atoms with Crippen molar-refractivity contribution in [1.29, 1.82) is 0 Å². The lowest BCUT2D eigenvalue weighted by atomic mass is 10.1. The van der Waals surface area contributed by atoms with E-state index in [0.29, 0.717) is 5.69 Å². The Morgan fingerprint density at radius 1 is 1.14 bits per heavy atom. The lowest BCUT2D eigenvalue weighted by Gasteiger charge is -2.09. The molecule has 0 aliphatic heterocycles. The number of halogens is 3. The van der Waals surface area contributed by atoms with Gasteiger partial charge in [0.25, 0.3) is 11.1 Å². The molecule has 0 heterocycles. The van der Waals surface area contributed by atoms with E-state index in [9.17, 15) is 14.0 Å². The molecular weight excluding hydrogens is 316 g/mol. The normalized spacial score (nSPS) is 10.3. The summed E-state index contributed by atoms with van der Waals surface area (Å²) in [6.07, 6.45) is 0. The summed E-state index contributed by atoms with van der Waals surface area (Å²) >= 11 is 11.2. The van der Waals surface area contributed by atoms with Gasteiger partial charge in [0.05, 0.1) is 10.6 Å². The number of carbonyl (C=O) groups excluding carboxylic acids is 2. The zero-order valence-electron chi connectivity index (χ0n) is 10.9. The molecule has 108 valence electrons. The van der Waals surface area contributed by atoms with E-state index in [1.807, 2.05) is 0 Å². The molecule has 3 nitrogen and oxygen atoms in total. The Bertz CT molecular complexity index is 732. The molecule has 0 bridgehead atoms. The van der Waals surface area contributed by atoms with E-state index in [2.05, 4.69) is 5.32 Å². The Balaban J connectivity index is 2.26. The molecule has 0 spiro atoms. The number of hydrogen-bond acceptors (Lipinski definition) is 2. The molecule has 0 unspecified atom stereocenters. The predicted octanol–water partition coefficient (Wildman–Crippen LogP) is 4.42. The van der Waals surface area contributed by atoms with Gasteiger partial charge in [-0.1, -0.05) is 17.7 Å². The molecule has 1 amide bonds. The minimum Gasteiger partial charge on any atom is -0.322 e. The average molecular weight is 326 g/mol. The van der Waals surface area contributed by atoms with Gasteiger partial charge in [-0.3, -0.25) is 9.59 Å². The summed E-state index contributed by atoms with van der Waals surface area (Å²) in [6, 6.07) is 8.57. The first kappa shape index (κ1) is 15.5. The maximum absolute atomic E-state index is 13.4. The lowest BCUT2D eigenvalue weighted by Crippen LogP contribution is -2.14. The molecule has 0 fully saturated rings. The second-order valence-corrected chi connectivity index (χ2v) is 5.09. The number of nitrogens with one attached hydrogen (secondary N) is 1. The average Bonchev–Trinajstić information content (AvgIpc) is 2.41. The monoisotopic (exact) mass is 325 g/mol. The summed E-state index contributed by atoms with van der Waals surface area (Å²) in [5.41, 5.74) is 1.02. The predicted molar refractivity (Wildman–Crippen MR) is 80.7 cm³/mol. The summed E-state index contributed by atoms with van der Waals surface area (Å²) in [5.74, 6) is -0.920. The molecule has 6 heteroatoms. The molecular formula is C15H10Cl2FNO2. The van der Waals surface area contributed by atoms with E-state index in [1.165, 1.54) is 43.3 Å². The maximum atomic E-state index is 13.4. The van der Waals surface area contributed by atoms with Gasteiger partial charge < -0.3 is 5.32 Å². The van der Waals surface area contributed by atoms with Crippen LogP contribution in [0.1, 0.15) is 26.3 Å². The van der Waals surface area contributed by atoms with E-state index in [1.54, 1.807) is 0 Å². The highest BCUT2D eigenvalue weighted by molar-refractivity contribution is 6.68. The summed E-state index contributed by atoms with van der Waals surface area (Å²) < 4.78 is 13.4. The summed E-state index contributed by atoms with van der Waals surface area (Å²) in [7, 11) is 0. The largest absolute Gasteiger partial charge is 0.322 e. The zero-order valence-corrected chi connectivity index (χ0v) is 12.4. The van der Waals surface area contributed by atoms with Crippen LogP contribution in [0.25, 0.3) is 0 Å². The highest BCUT2D eigenvalue weighted by atomic mass is 35.5. The Kier molecular flexibility index (Phi) is 4.60. The van der Waals surface area contributed by atoms with Crippen molar-refractivity contribution >= 4 is 40.0 Å². The van der Waals surface area contributed by atoms with Gasteiger partial charge in [0.2, 0.25) is 0 Å². The SMILES string of the molecule is Cc1c(F)cccc1C(=O)Nc1ccc(C(=O)Cl)c(Cl)c1. The Labute approximate surface area is 130 Å². The van der Waals surface area contributed by atoms with Gasteiger partial charge in [0, 0.05) is 11.3 Å². The maximum Gasteiger partial charge on any atom is 0.256 e. The molecule has 0 aliphatic carbocycles. The zero-order chi connectivity index (χ0) is 15.6. The van der Waals surface area contributed by atoms with Crippen LogP contribution in [0.15, 0.2) is 36.4 Å². The second-order valence-electron chi connectivity index (χ2n) is 4.33. The molecule has 0 aromatic heterocycles. The fraction of sp³-hybridized carbons (Fsp3) is 0.0667. The third-order valence-corrected chi connectivity index (χ3v) is 3.47. The van der Waals surface area contributed by atoms with Crippen molar-refractivity contribution in [2.75, 3.05) is 5.32 Å². The summed E-state index contributed by atoms with van der Waals surface area (Å²) in [6.45, 7) is 1.52. The van der Waals surface area contributed by atoms with Crippen molar-refractivity contribution in [2.24, 2.45) is 0 Å². The number of hydrogen-bond donors (Lipinski definition) is 1. The van der Waals surface area contributed by atoms with E-state index in [4.69, 9.17) is 23.2 Å². The van der Waals surface area contributed by atoms with Gasteiger partial charge >= 0.3 is 0 Å². The molecule has 0 saturated carbocycles. The molecule has 21 heavy (non-hydrogen) atoms. The third kappa shape index (κ3) is 3.40. The van der Waals surface area contributed by atoms with Crippen LogP contribution in [0, 0.1) is 12.7 Å². The second kappa shape index (κ2) is 6.24. The van der Waals surface area contributed by atoms with Crippen molar-refractivity contribution in [2.45, 2.75) is 6.92 Å². The van der Waals surface area contributed by atoms with Crippen LogP contribution >= 0.6 is 23.2 Å². The number of benzene rings is 2. The Morgan fingerprint density at radius 3 is 2.48 bits per heavy atom. The van der Waals surface area contributed by atoms with Gasteiger partial charge in [-0.25, -0.2) is 4.39 Å². The lowest BCUT2D eigenvalue weighted by molar-refractivity contribution is 0.102. The van der Waals surface area contributed by atoms with Gasteiger partial charge in [-0.2, -0.15) is 0 Å². The molecule has 2 aromatic rings. The Morgan fingerprint density at radius 2 is 1.86 bits per heavy atom.